The van der Waals surface area contributed by atoms with Crippen LogP contribution in [0.4, 0.5) is 9.18 Å². The van der Waals surface area contributed by atoms with Crippen molar-refractivity contribution in [1.29, 1.82) is 0 Å². The lowest BCUT2D eigenvalue weighted by Gasteiger charge is -2.14. The van der Waals surface area contributed by atoms with Gasteiger partial charge in [-0.1, -0.05) is 36.4 Å². The van der Waals surface area contributed by atoms with Gasteiger partial charge in [-0.25, -0.2) is 9.18 Å². The molecular weight excluding hydrogens is 245 g/mol. The second kappa shape index (κ2) is 6.00. The van der Waals surface area contributed by atoms with E-state index in [0.717, 1.165) is 0 Å². The summed E-state index contributed by atoms with van der Waals surface area (Å²) in [4.78, 5) is 11.7. The molecule has 0 bridgehead atoms. The van der Waals surface area contributed by atoms with Gasteiger partial charge in [0.05, 0.1) is 6.04 Å². The molecule has 0 aromatic heterocycles. The molecule has 1 atom stereocenters. The maximum absolute atomic E-state index is 13.5. The largest absolute Gasteiger partial charge is 0.413 e. The molecule has 0 fully saturated rings. The van der Waals surface area contributed by atoms with E-state index in [2.05, 4.69) is 5.32 Å². The Bertz CT molecular complexity index is 557. The second-order valence-corrected chi connectivity index (χ2v) is 4.09. The van der Waals surface area contributed by atoms with Crippen molar-refractivity contribution in [1.82, 2.24) is 5.32 Å². The van der Waals surface area contributed by atoms with Gasteiger partial charge in [0.2, 0.25) is 0 Å². The fourth-order valence-corrected chi connectivity index (χ4v) is 1.71. The summed E-state index contributed by atoms with van der Waals surface area (Å²) >= 11 is 0. The first-order chi connectivity index (χ1) is 9.16. The summed E-state index contributed by atoms with van der Waals surface area (Å²) in [7, 11) is 0. The van der Waals surface area contributed by atoms with Crippen LogP contribution < -0.4 is 10.1 Å². The van der Waals surface area contributed by atoms with E-state index >= 15 is 0 Å². The molecule has 98 valence electrons. The molecule has 3 nitrogen and oxygen atoms in total. The predicted octanol–water partition coefficient (Wildman–Crippen LogP) is 3.68. The van der Waals surface area contributed by atoms with Crippen LogP contribution in [0.5, 0.6) is 5.75 Å². The quantitative estimate of drug-likeness (QED) is 0.913. The van der Waals surface area contributed by atoms with Crippen molar-refractivity contribution < 1.29 is 13.9 Å². The number of benzene rings is 2. The summed E-state index contributed by atoms with van der Waals surface area (Å²) in [6, 6.07) is 14.6. The molecule has 2 aromatic carbocycles. The van der Waals surface area contributed by atoms with Crippen LogP contribution in [0.3, 0.4) is 0 Å². The molecule has 2 aromatic rings. The van der Waals surface area contributed by atoms with Gasteiger partial charge in [0.1, 0.15) is 11.6 Å². The van der Waals surface area contributed by atoms with E-state index in [4.69, 9.17) is 4.74 Å². The third kappa shape index (κ3) is 3.55. The molecule has 0 aliphatic heterocycles. The average molecular weight is 259 g/mol. The van der Waals surface area contributed by atoms with E-state index in [1.54, 1.807) is 49.4 Å². The molecule has 1 amide bonds. The first-order valence-electron chi connectivity index (χ1n) is 5.94. The summed E-state index contributed by atoms with van der Waals surface area (Å²) in [6.45, 7) is 1.70. The Morgan fingerprint density at radius 1 is 1.11 bits per heavy atom. The maximum Gasteiger partial charge on any atom is 0.413 e. The number of hydrogen-bond acceptors (Lipinski definition) is 2. The molecule has 19 heavy (non-hydrogen) atoms. The van der Waals surface area contributed by atoms with Crippen LogP contribution in [-0.2, 0) is 0 Å². The van der Waals surface area contributed by atoms with Crippen LogP contribution in [-0.4, -0.2) is 6.09 Å². The number of ether oxygens (including phenoxy) is 1. The molecular formula is C15H14FNO2. The summed E-state index contributed by atoms with van der Waals surface area (Å²) in [5.41, 5.74) is 0.424. The number of amides is 1. The van der Waals surface area contributed by atoms with Crippen LogP contribution in [0.1, 0.15) is 18.5 Å². The highest BCUT2D eigenvalue weighted by molar-refractivity contribution is 5.70. The number of halogens is 1. The van der Waals surface area contributed by atoms with E-state index in [0.29, 0.717) is 11.3 Å². The third-order valence-corrected chi connectivity index (χ3v) is 2.66. The van der Waals surface area contributed by atoms with Crippen molar-refractivity contribution in [3.63, 3.8) is 0 Å². The van der Waals surface area contributed by atoms with Gasteiger partial charge < -0.3 is 10.1 Å². The zero-order valence-electron chi connectivity index (χ0n) is 10.5. The van der Waals surface area contributed by atoms with E-state index in [1.165, 1.54) is 6.07 Å². The molecule has 0 aliphatic rings. The third-order valence-electron chi connectivity index (χ3n) is 2.66. The number of carbonyl (C=O) groups excluding carboxylic acids is 1. The molecule has 0 heterocycles. The Kier molecular flexibility index (Phi) is 4.13. The second-order valence-electron chi connectivity index (χ2n) is 4.09. The van der Waals surface area contributed by atoms with Crippen LogP contribution in [0.15, 0.2) is 54.6 Å². The fraction of sp³-hybridized carbons (Fsp3) is 0.133. The molecule has 2 rings (SSSR count). The minimum atomic E-state index is -0.609. The van der Waals surface area contributed by atoms with E-state index in [-0.39, 0.29) is 5.82 Å². The van der Waals surface area contributed by atoms with Crippen molar-refractivity contribution in [3.8, 4) is 5.75 Å². The fourth-order valence-electron chi connectivity index (χ4n) is 1.71. The number of rotatable bonds is 3. The number of para-hydroxylation sites is 1. The molecule has 0 aliphatic carbocycles. The lowest BCUT2D eigenvalue weighted by atomic mass is 10.1. The molecule has 1 N–H and O–H groups in total. The predicted molar refractivity (Wildman–Crippen MR) is 70.4 cm³/mol. The van der Waals surface area contributed by atoms with Gasteiger partial charge in [0.25, 0.3) is 0 Å². The van der Waals surface area contributed by atoms with Gasteiger partial charge >= 0.3 is 6.09 Å². The van der Waals surface area contributed by atoms with Crippen LogP contribution in [0, 0.1) is 5.82 Å². The van der Waals surface area contributed by atoms with Crippen LogP contribution in [0.2, 0.25) is 0 Å². The van der Waals surface area contributed by atoms with Gasteiger partial charge in [-0.15, -0.1) is 0 Å². The van der Waals surface area contributed by atoms with Crippen molar-refractivity contribution in [2.75, 3.05) is 0 Å². The van der Waals surface area contributed by atoms with Crippen LogP contribution >= 0.6 is 0 Å². The lowest BCUT2D eigenvalue weighted by molar-refractivity contribution is 0.196. The van der Waals surface area contributed by atoms with Gasteiger partial charge in [-0.2, -0.15) is 0 Å². The number of carbonyl (C=O) groups is 1. The van der Waals surface area contributed by atoms with Gasteiger partial charge in [-0.05, 0) is 25.1 Å². The first-order valence-corrected chi connectivity index (χ1v) is 5.94. The minimum Gasteiger partial charge on any atom is -0.410 e. The highest BCUT2D eigenvalue weighted by Crippen LogP contribution is 2.16. The van der Waals surface area contributed by atoms with E-state index in [9.17, 15) is 9.18 Å². The monoisotopic (exact) mass is 259 g/mol. The molecule has 0 radical (unpaired) electrons. The highest BCUT2D eigenvalue weighted by atomic mass is 19.1. The zero-order valence-corrected chi connectivity index (χ0v) is 10.5. The summed E-state index contributed by atoms with van der Waals surface area (Å²) in [5, 5.41) is 2.58. The Hall–Kier alpha value is -2.36. The number of nitrogens with one attached hydrogen (secondary N) is 1. The van der Waals surface area contributed by atoms with E-state index < -0.39 is 12.1 Å². The normalized spacial score (nSPS) is 11.7. The molecule has 0 saturated carbocycles. The molecule has 0 unspecified atom stereocenters. The highest BCUT2D eigenvalue weighted by Gasteiger charge is 2.14. The SMILES string of the molecule is C[C@@H](NC(=O)Oc1ccccc1)c1ccccc1F. The molecule has 0 spiro atoms. The summed E-state index contributed by atoms with van der Waals surface area (Å²) in [5.74, 6) is 0.0933. The standard InChI is InChI=1S/C15H14FNO2/c1-11(13-9-5-6-10-14(13)16)17-15(18)19-12-7-3-2-4-8-12/h2-11H,1H3,(H,17,18)/t11-/m1/s1. The average Bonchev–Trinajstić information content (AvgIpc) is 2.40. The first kappa shape index (κ1) is 13.1. The van der Waals surface area contributed by atoms with Gasteiger partial charge in [0, 0.05) is 5.56 Å². The van der Waals surface area contributed by atoms with Crippen molar-refractivity contribution in [2.45, 2.75) is 13.0 Å². The van der Waals surface area contributed by atoms with Gasteiger partial charge in [-0.3, -0.25) is 0 Å². The Morgan fingerprint density at radius 3 is 2.42 bits per heavy atom. The van der Waals surface area contributed by atoms with Crippen molar-refractivity contribution in [2.24, 2.45) is 0 Å². The number of hydrogen-bond donors (Lipinski definition) is 1. The van der Waals surface area contributed by atoms with Crippen molar-refractivity contribution in [3.05, 3.63) is 66.0 Å². The smallest absolute Gasteiger partial charge is 0.410 e. The minimum absolute atomic E-state index is 0.352. The summed E-state index contributed by atoms with van der Waals surface area (Å²) in [6.07, 6.45) is -0.609. The lowest BCUT2D eigenvalue weighted by Crippen LogP contribution is -2.30. The molecule has 4 heteroatoms. The zero-order chi connectivity index (χ0) is 13.7. The maximum atomic E-state index is 13.5. The molecule has 0 saturated heterocycles. The van der Waals surface area contributed by atoms with E-state index in [1.807, 2.05) is 6.07 Å². The Labute approximate surface area is 111 Å². The Balaban J connectivity index is 1.98. The van der Waals surface area contributed by atoms with Crippen molar-refractivity contribution >= 4 is 6.09 Å². The van der Waals surface area contributed by atoms with Crippen LogP contribution in [0.25, 0.3) is 0 Å². The van der Waals surface area contributed by atoms with Gasteiger partial charge in [0.15, 0.2) is 0 Å². The Morgan fingerprint density at radius 2 is 1.74 bits per heavy atom. The summed E-state index contributed by atoms with van der Waals surface area (Å²) < 4.78 is 18.6. The topological polar surface area (TPSA) is 38.3 Å².